The van der Waals surface area contributed by atoms with E-state index in [1.165, 1.54) is 0 Å². The van der Waals surface area contributed by atoms with E-state index in [1.807, 2.05) is 31.2 Å². The van der Waals surface area contributed by atoms with Crippen molar-refractivity contribution in [1.29, 1.82) is 0 Å². The lowest BCUT2D eigenvalue weighted by atomic mass is 9.90. The normalized spacial score (nSPS) is 18.8. The largest absolute Gasteiger partial charge is 0.481 e. The molecule has 1 saturated heterocycles. The van der Waals surface area contributed by atoms with Gasteiger partial charge in [0, 0.05) is 18.5 Å². The molecule has 0 saturated carbocycles. The minimum Gasteiger partial charge on any atom is -0.481 e. The Kier molecular flexibility index (Phi) is 7.43. The number of rotatable bonds is 8. The molecule has 7 nitrogen and oxygen atoms in total. The van der Waals surface area contributed by atoms with Crippen molar-refractivity contribution < 1.29 is 24.2 Å². The number of ether oxygens (including phenoxy) is 1. The van der Waals surface area contributed by atoms with E-state index in [0.717, 1.165) is 35.1 Å². The molecule has 2 aromatic rings. The number of benzene rings is 2. The second-order valence-corrected chi connectivity index (χ2v) is 9.78. The number of piperidine rings is 1. The van der Waals surface area contributed by atoms with Gasteiger partial charge in [-0.25, -0.2) is 4.79 Å². The number of hydrogen-bond donors (Lipinski definition) is 2. The van der Waals surface area contributed by atoms with E-state index in [9.17, 15) is 19.5 Å². The van der Waals surface area contributed by atoms with Gasteiger partial charge in [-0.3, -0.25) is 9.59 Å². The summed E-state index contributed by atoms with van der Waals surface area (Å²) in [6.45, 7) is 4.34. The minimum absolute atomic E-state index is 0.0664. The smallest absolute Gasteiger partial charge is 0.408 e. The van der Waals surface area contributed by atoms with Gasteiger partial charge in [-0.2, -0.15) is 0 Å². The minimum atomic E-state index is -1.16. The number of carboxylic acids is 1. The fourth-order valence-corrected chi connectivity index (χ4v) is 5.58. The van der Waals surface area contributed by atoms with Gasteiger partial charge >= 0.3 is 12.1 Å². The summed E-state index contributed by atoms with van der Waals surface area (Å²) in [5, 5.41) is 12.1. The maximum Gasteiger partial charge on any atom is 0.408 e. The third kappa shape index (κ3) is 5.19. The average molecular weight is 479 g/mol. The van der Waals surface area contributed by atoms with Gasteiger partial charge in [0.2, 0.25) is 5.91 Å². The second-order valence-electron chi connectivity index (χ2n) is 9.78. The number of alkyl carbamates (subject to hydrolysis) is 1. The number of nitrogens with one attached hydrogen (secondary N) is 1. The molecule has 0 aromatic heterocycles. The Morgan fingerprint density at radius 3 is 2.29 bits per heavy atom. The molecule has 0 bridgehead atoms. The van der Waals surface area contributed by atoms with Crippen molar-refractivity contribution in [3.8, 4) is 11.1 Å². The van der Waals surface area contributed by atoms with E-state index in [2.05, 4.69) is 29.6 Å². The van der Waals surface area contributed by atoms with Crippen LogP contribution in [0.4, 0.5) is 4.79 Å². The molecule has 2 aromatic carbocycles. The highest BCUT2D eigenvalue weighted by atomic mass is 16.5. The predicted molar refractivity (Wildman–Crippen MR) is 133 cm³/mol. The number of nitrogens with zero attached hydrogens (tertiary/aromatic N) is 1. The molecule has 1 unspecified atom stereocenters. The quantitative estimate of drug-likeness (QED) is 0.560. The SMILES string of the molecule is CCCC(C)(NC(=O)OCC1c2ccccc2-c2ccccc21)C(=O)N1CCCC[C@@H]1CC(=O)O. The molecule has 2 aliphatic rings. The van der Waals surface area contributed by atoms with Gasteiger partial charge in [-0.1, -0.05) is 61.9 Å². The lowest BCUT2D eigenvalue weighted by Gasteiger charge is -2.41. The summed E-state index contributed by atoms with van der Waals surface area (Å²) in [6.07, 6.45) is 2.78. The van der Waals surface area contributed by atoms with Crippen LogP contribution < -0.4 is 5.32 Å². The zero-order chi connectivity index (χ0) is 25.0. The van der Waals surface area contributed by atoms with Gasteiger partial charge in [0.15, 0.2) is 0 Å². The van der Waals surface area contributed by atoms with Crippen molar-refractivity contribution in [3.63, 3.8) is 0 Å². The Bertz CT molecular complexity index is 1050. The van der Waals surface area contributed by atoms with Crippen molar-refractivity contribution >= 4 is 18.0 Å². The first-order chi connectivity index (χ1) is 16.8. The van der Waals surface area contributed by atoms with Crippen molar-refractivity contribution in [2.24, 2.45) is 0 Å². The number of aliphatic carboxylic acids is 1. The van der Waals surface area contributed by atoms with Gasteiger partial charge in [-0.15, -0.1) is 0 Å². The van der Waals surface area contributed by atoms with Crippen LogP contribution in [0.5, 0.6) is 0 Å². The van der Waals surface area contributed by atoms with Gasteiger partial charge < -0.3 is 20.1 Å². The number of carbonyl (C=O) groups is 3. The predicted octanol–water partition coefficient (Wildman–Crippen LogP) is 4.94. The van der Waals surface area contributed by atoms with E-state index in [1.54, 1.807) is 11.8 Å². The highest BCUT2D eigenvalue weighted by molar-refractivity contribution is 5.90. The van der Waals surface area contributed by atoms with Crippen molar-refractivity contribution in [3.05, 3.63) is 59.7 Å². The molecule has 2 N–H and O–H groups in total. The van der Waals surface area contributed by atoms with E-state index in [-0.39, 0.29) is 30.9 Å². The fourth-order valence-electron chi connectivity index (χ4n) is 5.58. The zero-order valence-corrected chi connectivity index (χ0v) is 20.5. The van der Waals surface area contributed by atoms with Gasteiger partial charge in [0.25, 0.3) is 0 Å². The number of carboxylic acid groups (broad SMARTS) is 1. The zero-order valence-electron chi connectivity index (χ0n) is 20.5. The van der Waals surface area contributed by atoms with Crippen LogP contribution >= 0.6 is 0 Å². The molecule has 2 amide bonds. The number of amides is 2. The molecule has 7 heteroatoms. The molecule has 0 radical (unpaired) electrons. The summed E-state index contributed by atoms with van der Waals surface area (Å²) in [7, 11) is 0. The third-order valence-electron chi connectivity index (χ3n) is 7.24. The highest BCUT2D eigenvalue weighted by Crippen LogP contribution is 2.44. The lowest BCUT2D eigenvalue weighted by Crippen LogP contribution is -2.61. The first-order valence-corrected chi connectivity index (χ1v) is 12.5. The highest BCUT2D eigenvalue weighted by Gasteiger charge is 2.41. The number of likely N-dealkylation sites (tertiary alicyclic amines) is 1. The Hall–Kier alpha value is -3.35. The standard InChI is InChI=1S/C28H34N2O5/c1-3-15-28(2,26(33)30-16-9-8-10-19(30)17-25(31)32)29-27(34)35-18-24-22-13-6-4-11-20(22)21-12-5-7-14-23(21)24/h4-7,11-14,19,24H,3,8-10,15-18H2,1-2H3,(H,29,34)(H,31,32)/t19-,28?/m1/s1. The summed E-state index contributed by atoms with van der Waals surface area (Å²) in [5.74, 6) is -1.22. The number of carbonyl (C=O) groups excluding carboxylic acids is 2. The van der Waals surface area contributed by atoms with Crippen LogP contribution in [0.15, 0.2) is 48.5 Å². The van der Waals surface area contributed by atoms with Crippen LogP contribution in [0.25, 0.3) is 11.1 Å². The molecule has 1 aliphatic heterocycles. The average Bonchev–Trinajstić information content (AvgIpc) is 3.16. The molecular weight excluding hydrogens is 444 g/mol. The van der Waals surface area contributed by atoms with E-state index in [0.29, 0.717) is 25.8 Å². The van der Waals surface area contributed by atoms with Gasteiger partial charge in [0.1, 0.15) is 12.1 Å². The van der Waals surface area contributed by atoms with Crippen LogP contribution in [0.2, 0.25) is 0 Å². The van der Waals surface area contributed by atoms with E-state index < -0.39 is 17.6 Å². The van der Waals surface area contributed by atoms with E-state index in [4.69, 9.17) is 4.74 Å². The molecule has 35 heavy (non-hydrogen) atoms. The summed E-state index contributed by atoms with van der Waals surface area (Å²) in [5.41, 5.74) is 3.39. The molecule has 186 valence electrons. The molecule has 2 atom stereocenters. The Morgan fingerprint density at radius 2 is 1.69 bits per heavy atom. The topological polar surface area (TPSA) is 95.9 Å². The first-order valence-electron chi connectivity index (χ1n) is 12.5. The molecule has 0 spiro atoms. The van der Waals surface area contributed by atoms with Crippen LogP contribution in [0.3, 0.4) is 0 Å². The molecular formula is C28H34N2O5. The van der Waals surface area contributed by atoms with Gasteiger partial charge in [0.05, 0.1) is 6.42 Å². The van der Waals surface area contributed by atoms with Crippen LogP contribution in [-0.2, 0) is 14.3 Å². The molecule has 1 heterocycles. The maximum absolute atomic E-state index is 13.6. The summed E-state index contributed by atoms with van der Waals surface area (Å²) >= 11 is 0. The van der Waals surface area contributed by atoms with Crippen molar-refractivity contribution in [1.82, 2.24) is 10.2 Å². The van der Waals surface area contributed by atoms with Crippen LogP contribution in [0, 0.1) is 0 Å². The lowest BCUT2D eigenvalue weighted by molar-refractivity contribution is -0.145. The Morgan fingerprint density at radius 1 is 1.06 bits per heavy atom. The molecule has 1 aliphatic carbocycles. The number of fused-ring (bicyclic) bond motifs is 3. The molecule has 1 fully saturated rings. The maximum atomic E-state index is 13.6. The summed E-state index contributed by atoms with van der Waals surface area (Å²) in [6, 6.07) is 15.9. The first kappa shape index (κ1) is 24.8. The summed E-state index contributed by atoms with van der Waals surface area (Å²) in [4.78, 5) is 39.5. The Labute approximate surface area is 206 Å². The van der Waals surface area contributed by atoms with Gasteiger partial charge in [-0.05, 0) is 54.9 Å². The van der Waals surface area contributed by atoms with Crippen molar-refractivity contribution in [2.45, 2.75) is 69.9 Å². The Balaban J connectivity index is 1.46. The second kappa shape index (κ2) is 10.5. The van der Waals surface area contributed by atoms with Crippen molar-refractivity contribution in [2.75, 3.05) is 13.2 Å². The van der Waals surface area contributed by atoms with Crippen LogP contribution in [-0.4, -0.2) is 52.7 Å². The third-order valence-corrected chi connectivity index (χ3v) is 7.24. The fraction of sp³-hybridized carbons (Fsp3) is 0.464. The van der Waals surface area contributed by atoms with Crippen LogP contribution in [0.1, 0.15) is 69.4 Å². The monoisotopic (exact) mass is 478 g/mol. The summed E-state index contributed by atoms with van der Waals surface area (Å²) < 4.78 is 5.70. The number of hydrogen-bond acceptors (Lipinski definition) is 4. The molecule has 4 rings (SSSR count). The van der Waals surface area contributed by atoms with E-state index >= 15 is 0 Å².